The molecule has 0 aliphatic rings. The Kier molecular flexibility index (Phi) is 4.32. The minimum absolute atomic E-state index is 0.147. The van der Waals surface area contributed by atoms with Crippen LogP contribution < -0.4 is 15.2 Å². The van der Waals surface area contributed by atoms with Crippen LogP contribution in [0, 0.1) is 0 Å². The summed E-state index contributed by atoms with van der Waals surface area (Å²) in [7, 11) is -0.651. The van der Waals surface area contributed by atoms with E-state index in [1.165, 1.54) is 32.5 Å². The number of pyridine rings is 1. The Bertz CT molecular complexity index is 744. The minimum atomic E-state index is -3.57. The Labute approximate surface area is 123 Å². The van der Waals surface area contributed by atoms with Gasteiger partial charge in [0.15, 0.2) is 21.3 Å². The molecule has 2 N–H and O–H groups in total. The van der Waals surface area contributed by atoms with Gasteiger partial charge in [-0.2, -0.15) is 0 Å². The Hall–Kier alpha value is -2.28. The predicted octanol–water partition coefficient (Wildman–Crippen LogP) is 1.65. The van der Waals surface area contributed by atoms with Gasteiger partial charge in [0.1, 0.15) is 11.4 Å². The molecular weight excluding hydrogens is 292 g/mol. The molecule has 0 aliphatic heterocycles. The molecule has 21 heavy (non-hydrogen) atoms. The summed E-state index contributed by atoms with van der Waals surface area (Å²) in [4.78, 5) is 4.22. The third-order valence-corrected chi connectivity index (χ3v) is 4.54. The van der Waals surface area contributed by atoms with Crippen LogP contribution in [-0.4, -0.2) is 27.6 Å². The van der Waals surface area contributed by atoms with Crippen molar-refractivity contribution in [2.24, 2.45) is 0 Å². The third kappa shape index (κ3) is 3.25. The van der Waals surface area contributed by atoms with E-state index in [0.717, 1.165) is 0 Å². The molecule has 2 aromatic rings. The van der Waals surface area contributed by atoms with Crippen LogP contribution in [0.2, 0.25) is 0 Å². The number of anilines is 1. The molecule has 0 spiro atoms. The van der Waals surface area contributed by atoms with E-state index in [1.807, 2.05) is 0 Å². The van der Waals surface area contributed by atoms with Crippen molar-refractivity contribution in [3.63, 3.8) is 0 Å². The van der Waals surface area contributed by atoms with Crippen molar-refractivity contribution in [3.05, 3.63) is 42.2 Å². The zero-order chi connectivity index (χ0) is 15.5. The molecule has 1 aromatic heterocycles. The maximum atomic E-state index is 12.4. The zero-order valence-corrected chi connectivity index (χ0v) is 12.6. The fourth-order valence-corrected chi connectivity index (χ4v) is 3.26. The molecule has 1 heterocycles. The van der Waals surface area contributed by atoms with Crippen LogP contribution >= 0.6 is 0 Å². The summed E-state index contributed by atoms with van der Waals surface area (Å²) in [6.07, 6.45) is 1.48. The molecule has 0 bridgehead atoms. The molecule has 0 saturated carbocycles. The first kappa shape index (κ1) is 15.1. The molecule has 2 rings (SSSR count). The van der Waals surface area contributed by atoms with E-state index in [-0.39, 0.29) is 10.6 Å². The summed E-state index contributed by atoms with van der Waals surface area (Å²) in [5.41, 5.74) is 6.31. The fraction of sp³-hybridized carbons (Fsp3) is 0.214. The lowest BCUT2D eigenvalue weighted by molar-refractivity contribution is 0.350. The SMILES string of the molecule is COc1ccnc(CS(=O)(=O)c2cccc(N)c2)c1OC. The third-order valence-electron chi connectivity index (χ3n) is 2.91. The number of ether oxygens (including phenoxy) is 2. The largest absolute Gasteiger partial charge is 0.493 e. The highest BCUT2D eigenvalue weighted by Crippen LogP contribution is 2.31. The molecule has 0 amide bonds. The Morgan fingerprint density at radius 3 is 2.57 bits per heavy atom. The highest BCUT2D eigenvalue weighted by molar-refractivity contribution is 7.90. The van der Waals surface area contributed by atoms with Crippen LogP contribution in [0.15, 0.2) is 41.4 Å². The summed E-state index contributed by atoms with van der Waals surface area (Å²) in [6, 6.07) is 7.75. The van der Waals surface area contributed by atoms with E-state index in [0.29, 0.717) is 22.9 Å². The lowest BCUT2D eigenvalue weighted by atomic mass is 10.3. The lowest BCUT2D eigenvalue weighted by Gasteiger charge is -2.12. The van der Waals surface area contributed by atoms with E-state index in [4.69, 9.17) is 15.2 Å². The van der Waals surface area contributed by atoms with Crippen LogP contribution in [0.5, 0.6) is 11.5 Å². The molecule has 0 saturated heterocycles. The average molecular weight is 308 g/mol. The number of nitrogen functional groups attached to an aromatic ring is 1. The van der Waals surface area contributed by atoms with E-state index in [1.54, 1.807) is 18.2 Å². The minimum Gasteiger partial charge on any atom is -0.493 e. The Morgan fingerprint density at radius 2 is 1.95 bits per heavy atom. The first-order chi connectivity index (χ1) is 9.97. The number of hydrogen-bond acceptors (Lipinski definition) is 6. The molecule has 0 atom stereocenters. The number of benzene rings is 1. The predicted molar refractivity (Wildman–Crippen MR) is 79.1 cm³/mol. The highest BCUT2D eigenvalue weighted by Gasteiger charge is 2.21. The van der Waals surface area contributed by atoms with Gasteiger partial charge in [-0.1, -0.05) is 6.07 Å². The molecule has 6 nitrogen and oxygen atoms in total. The quantitative estimate of drug-likeness (QED) is 0.845. The van der Waals surface area contributed by atoms with Gasteiger partial charge in [-0.25, -0.2) is 8.42 Å². The van der Waals surface area contributed by atoms with Crippen molar-refractivity contribution in [1.29, 1.82) is 0 Å². The normalized spacial score (nSPS) is 11.1. The zero-order valence-electron chi connectivity index (χ0n) is 11.7. The first-order valence-electron chi connectivity index (χ1n) is 6.12. The van der Waals surface area contributed by atoms with E-state index in [2.05, 4.69) is 4.98 Å². The number of nitrogens with two attached hydrogens (primary N) is 1. The molecule has 0 aliphatic carbocycles. The van der Waals surface area contributed by atoms with Crippen molar-refractivity contribution in [3.8, 4) is 11.5 Å². The van der Waals surface area contributed by atoms with Crippen LogP contribution in [0.4, 0.5) is 5.69 Å². The highest BCUT2D eigenvalue weighted by atomic mass is 32.2. The molecular formula is C14H16N2O4S. The summed E-state index contributed by atoms with van der Waals surface area (Å²) < 4.78 is 35.2. The molecule has 0 radical (unpaired) electrons. The number of methoxy groups -OCH3 is 2. The van der Waals surface area contributed by atoms with Crippen LogP contribution in [0.25, 0.3) is 0 Å². The number of hydrogen-bond donors (Lipinski definition) is 1. The summed E-state index contributed by atoms with van der Waals surface area (Å²) in [5.74, 6) is 0.453. The standard InChI is InChI=1S/C14H16N2O4S/c1-19-13-6-7-16-12(14(13)20-2)9-21(17,18)11-5-3-4-10(15)8-11/h3-8H,9,15H2,1-2H3. The van der Waals surface area contributed by atoms with Crippen molar-refractivity contribution in [1.82, 2.24) is 4.98 Å². The molecule has 0 unspecified atom stereocenters. The molecule has 112 valence electrons. The number of nitrogens with zero attached hydrogens (tertiary/aromatic N) is 1. The molecule has 1 aromatic carbocycles. The van der Waals surface area contributed by atoms with Crippen LogP contribution in [0.3, 0.4) is 0 Å². The second kappa shape index (κ2) is 6.01. The maximum Gasteiger partial charge on any atom is 0.184 e. The van der Waals surface area contributed by atoms with Gasteiger partial charge in [0.25, 0.3) is 0 Å². The Morgan fingerprint density at radius 1 is 1.19 bits per heavy atom. The Balaban J connectivity index is 2.42. The average Bonchev–Trinajstić information content (AvgIpc) is 2.46. The molecule has 7 heteroatoms. The van der Waals surface area contributed by atoms with Crippen molar-refractivity contribution in [2.45, 2.75) is 10.6 Å². The number of aromatic nitrogens is 1. The summed E-state index contributed by atoms with van der Waals surface area (Å²) >= 11 is 0. The van der Waals surface area contributed by atoms with Gasteiger partial charge in [0, 0.05) is 18.0 Å². The summed E-state index contributed by atoms with van der Waals surface area (Å²) in [5, 5.41) is 0. The number of sulfone groups is 1. The van der Waals surface area contributed by atoms with Gasteiger partial charge >= 0.3 is 0 Å². The van der Waals surface area contributed by atoms with Gasteiger partial charge in [0.2, 0.25) is 0 Å². The number of rotatable bonds is 5. The van der Waals surface area contributed by atoms with Gasteiger partial charge in [-0.05, 0) is 18.2 Å². The van der Waals surface area contributed by atoms with Gasteiger partial charge in [-0.3, -0.25) is 4.98 Å². The maximum absolute atomic E-state index is 12.4. The first-order valence-corrected chi connectivity index (χ1v) is 7.77. The monoisotopic (exact) mass is 308 g/mol. The van der Waals surface area contributed by atoms with Gasteiger partial charge in [-0.15, -0.1) is 0 Å². The lowest BCUT2D eigenvalue weighted by Crippen LogP contribution is -2.09. The molecule has 0 fully saturated rings. The van der Waals surface area contributed by atoms with E-state index >= 15 is 0 Å². The second-order valence-electron chi connectivity index (χ2n) is 4.32. The van der Waals surface area contributed by atoms with Crippen molar-refractivity contribution >= 4 is 15.5 Å². The second-order valence-corrected chi connectivity index (χ2v) is 6.31. The van der Waals surface area contributed by atoms with Gasteiger partial charge < -0.3 is 15.2 Å². The summed E-state index contributed by atoms with van der Waals surface area (Å²) in [6.45, 7) is 0. The van der Waals surface area contributed by atoms with Crippen LogP contribution in [0.1, 0.15) is 5.69 Å². The van der Waals surface area contributed by atoms with Crippen molar-refractivity contribution < 1.29 is 17.9 Å². The smallest absolute Gasteiger partial charge is 0.184 e. The van der Waals surface area contributed by atoms with E-state index in [9.17, 15) is 8.42 Å². The fourth-order valence-electron chi connectivity index (χ4n) is 1.92. The van der Waals surface area contributed by atoms with Gasteiger partial charge in [0.05, 0.1) is 19.1 Å². The van der Waals surface area contributed by atoms with E-state index < -0.39 is 9.84 Å². The van der Waals surface area contributed by atoms with Crippen molar-refractivity contribution in [2.75, 3.05) is 20.0 Å². The van der Waals surface area contributed by atoms with Crippen LogP contribution in [-0.2, 0) is 15.6 Å². The topological polar surface area (TPSA) is 91.5 Å².